The van der Waals surface area contributed by atoms with Gasteiger partial charge in [-0.2, -0.15) is 0 Å². The number of rotatable bonds is 3. The Bertz CT molecular complexity index is 1810. The van der Waals surface area contributed by atoms with E-state index in [0.717, 1.165) is 40.4 Å². The zero-order valence-corrected chi connectivity index (χ0v) is 19.0. The molecule has 0 unspecified atom stereocenters. The Morgan fingerprint density at radius 1 is 1.06 bits per heavy atom. The lowest BCUT2D eigenvalue weighted by Crippen LogP contribution is -2.27. The Labute approximate surface area is 197 Å². The molecule has 0 spiro atoms. The summed E-state index contributed by atoms with van der Waals surface area (Å²) in [4.78, 5) is 21.3. The maximum Gasteiger partial charge on any atom is 0.261 e. The van der Waals surface area contributed by atoms with Gasteiger partial charge < -0.3 is 4.98 Å². The number of hydrogen-bond donors (Lipinski definition) is 2. The number of aromatic amines is 1. The summed E-state index contributed by atoms with van der Waals surface area (Å²) >= 11 is 5.73. The number of aryl methyl sites for hydroxylation is 1. The van der Waals surface area contributed by atoms with Gasteiger partial charge in [-0.25, -0.2) is 17.8 Å². The molecule has 3 aromatic carbocycles. The molecule has 2 N–H and O–H groups in total. The first-order valence-corrected chi connectivity index (χ1v) is 12.3. The molecular weight excluding hydrogens is 479 g/mol. The van der Waals surface area contributed by atoms with E-state index in [1.807, 2.05) is 24.3 Å². The van der Waals surface area contributed by atoms with Crippen molar-refractivity contribution in [3.8, 4) is 11.5 Å². The van der Waals surface area contributed by atoms with E-state index >= 15 is 0 Å². The van der Waals surface area contributed by atoms with E-state index in [0.29, 0.717) is 29.7 Å². The van der Waals surface area contributed by atoms with Gasteiger partial charge in [-0.15, -0.1) is 0 Å². The monoisotopic (exact) mass is 494 g/mol. The fourth-order valence-corrected chi connectivity index (χ4v) is 5.74. The molecule has 5 aromatic rings. The number of halogens is 2. The molecule has 0 atom stereocenters. The zero-order chi connectivity index (χ0) is 23.6. The maximum absolute atomic E-state index is 13.4. The third-order valence-corrected chi connectivity index (χ3v) is 7.70. The third kappa shape index (κ3) is 3.19. The van der Waals surface area contributed by atoms with Gasteiger partial charge in [0.15, 0.2) is 5.82 Å². The van der Waals surface area contributed by atoms with Crippen molar-refractivity contribution < 1.29 is 12.8 Å². The van der Waals surface area contributed by atoms with Crippen LogP contribution in [0.1, 0.15) is 5.56 Å². The average molecular weight is 495 g/mol. The van der Waals surface area contributed by atoms with Crippen molar-refractivity contribution in [3.05, 3.63) is 87.4 Å². The molecule has 0 aliphatic carbocycles. The van der Waals surface area contributed by atoms with Gasteiger partial charge in [0.2, 0.25) is 0 Å². The van der Waals surface area contributed by atoms with Crippen LogP contribution in [0.3, 0.4) is 0 Å². The van der Waals surface area contributed by atoms with E-state index in [-0.39, 0.29) is 21.2 Å². The van der Waals surface area contributed by atoms with Crippen molar-refractivity contribution in [1.29, 1.82) is 0 Å². The second kappa shape index (κ2) is 7.41. The number of sulfonamides is 1. The summed E-state index contributed by atoms with van der Waals surface area (Å²) in [5.41, 5.74) is 3.33. The van der Waals surface area contributed by atoms with Crippen LogP contribution >= 0.6 is 11.6 Å². The summed E-state index contributed by atoms with van der Waals surface area (Å²) in [6.45, 7) is 0.468. The molecule has 0 bridgehead atoms. The Balaban J connectivity index is 1.44. The maximum atomic E-state index is 13.4. The van der Waals surface area contributed by atoms with Gasteiger partial charge in [0.05, 0.1) is 26.5 Å². The van der Waals surface area contributed by atoms with Crippen molar-refractivity contribution >= 4 is 49.1 Å². The lowest BCUT2D eigenvalue weighted by atomic mass is 10.0. The molecule has 0 fully saturated rings. The smallest absolute Gasteiger partial charge is 0.261 e. The first-order valence-electron chi connectivity index (χ1n) is 10.4. The number of nitrogens with one attached hydrogen (secondary N) is 2. The molecule has 0 amide bonds. The number of fused-ring (bicyclic) bond motifs is 6. The van der Waals surface area contributed by atoms with Crippen molar-refractivity contribution in [1.82, 2.24) is 14.5 Å². The molecule has 7 nitrogen and oxygen atoms in total. The van der Waals surface area contributed by atoms with Crippen molar-refractivity contribution in [2.24, 2.45) is 0 Å². The van der Waals surface area contributed by atoms with Crippen molar-refractivity contribution in [3.63, 3.8) is 0 Å². The molecule has 0 radical (unpaired) electrons. The van der Waals surface area contributed by atoms with E-state index in [1.54, 1.807) is 10.6 Å². The molecule has 10 heteroatoms. The van der Waals surface area contributed by atoms with Gasteiger partial charge in [0.25, 0.3) is 15.6 Å². The molecular formula is C24H16ClFN4O3S. The van der Waals surface area contributed by atoms with Crippen LogP contribution in [-0.2, 0) is 23.0 Å². The van der Waals surface area contributed by atoms with Gasteiger partial charge >= 0.3 is 0 Å². The van der Waals surface area contributed by atoms with Gasteiger partial charge in [-0.1, -0.05) is 29.8 Å². The Morgan fingerprint density at radius 2 is 1.88 bits per heavy atom. The first-order chi connectivity index (χ1) is 16.3. The molecule has 3 heterocycles. The molecule has 1 aliphatic heterocycles. The zero-order valence-electron chi connectivity index (χ0n) is 17.5. The van der Waals surface area contributed by atoms with E-state index < -0.39 is 15.8 Å². The minimum absolute atomic E-state index is 0.189. The molecule has 1 aliphatic rings. The molecule has 170 valence electrons. The van der Waals surface area contributed by atoms with E-state index in [9.17, 15) is 17.6 Å². The number of para-hydroxylation sites is 1. The lowest BCUT2D eigenvalue weighted by molar-refractivity contribution is 0.599. The third-order valence-electron chi connectivity index (χ3n) is 6.03. The minimum atomic E-state index is -4.04. The van der Waals surface area contributed by atoms with Crippen LogP contribution in [0, 0.1) is 5.82 Å². The highest BCUT2D eigenvalue weighted by atomic mass is 35.5. The number of anilines is 1. The highest BCUT2D eigenvalue weighted by molar-refractivity contribution is 7.92. The number of nitrogens with zero attached hydrogens (tertiary/aromatic N) is 2. The van der Waals surface area contributed by atoms with E-state index in [1.165, 1.54) is 12.1 Å². The Hall–Kier alpha value is -3.69. The number of benzene rings is 3. The van der Waals surface area contributed by atoms with Gasteiger partial charge in [-0.3, -0.25) is 14.1 Å². The molecule has 2 aromatic heterocycles. The van der Waals surface area contributed by atoms with Gasteiger partial charge in [0, 0.05) is 23.1 Å². The summed E-state index contributed by atoms with van der Waals surface area (Å²) in [6, 6.07) is 15.7. The van der Waals surface area contributed by atoms with E-state index in [4.69, 9.17) is 16.6 Å². The minimum Gasteiger partial charge on any atom is -0.352 e. The quantitative estimate of drug-likeness (QED) is 0.380. The summed E-state index contributed by atoms with van der Waals surface area (Å²) in [5.74, 6) is -0.155. The Kier molecular flexibility index (Phi) is 4.55. The number of aromatic nitrogens is 3. The van der Waals surface area contributed by atoms with E-state index in [2.05, 4.69) is 9.71 Å². The topological polar surface area (TPSA) is 96.8 Å². The summed E-state index contributed by atoms with van der Waals surface area (Å²) in [5, 5.41) is 1.11. The molecule has 0 saturated carbocycles. The average Bonchev–Trinajstić information content (AvgIpc) is 3.20. The van der Waals surface area contributed by atoms with Crippen LogP contribution in [0.4, 0.5) is 10.1 Å². The largest absolute Gasteiger partial charge is 0.352 e. The summed E-state index contributed by atoms with van der Waals surface area (Å²) in [6.07, 6.45) is 0.678. The second-order valence-electron chi connectivity index (χ2n) is 8.08. The van der Waals surface area contributed by atoms with Gasteiger partial charge in [0.1, 0.15) is 5.82 Å². The predicted octanol–water partition coefficient (Wildman–Crippen LogP) is 4.69. The van der Waals surface area contributed by atoms with Crippen LogP contribution in [0.25, 0.3) is 33.3 Å². The predicted molar refractivity (Wildman–Crippen MR) is 129 cm³/mol. The van der Waals surface area contributed by atoms with Gasteiger partial charge in [-0.05, 0) is 54.4 Å². The highest BCUT2D eigenvalue weighted by Crippen LogP contribution is 2.33. The van der Waals surface area contributed by atoms with Crippen LogP contribution in [0.2, 0.25) is 5.02 Å². The summed E-state index contributed by atoms with van der Waals surface area (Å²) < 4.78 is 43.0. The summed E-state index contributed by atoms with van der Waals surface area (Å²) in [7, 11) is -4.04. The van der Waals surface area contributed by atoms with Crippen LogP contribution in [0.15, 0.2) is 70.4 Å². The SMILES string of the molecule is O=c1c2cc(NS(=O)(=O)c3ccc(F)c(Cl)c3)ccc2nc2n1CCc1c-2[nH]c2ccccc12. The Morgan fingerprint density at radius 3 is 2.71 bits per heavy atom. The molecule has 6 rings (SSSR count). The molecule has 34 heavy (non-hydrogen) atoms. The normalized spacial score (nSPS) is 13.1. The lowest BCUT2D eigenvalue weighted by Gasteiger charge is -2.19. The van der Waals surface area contributed by atoms with Crippen LogP contribution < -0.4 is 10.3 Å². The fraction of sp³-hybridized carbons (Fsp3) is 0.0833. The van der Waals surface area contributed by atoms with Crippen molar-refractivity contribution in [2.45, 2.75) is 17.9 Å². The van der Waals surface area contributed by atoms with Crippen LogP contribution in [-0.4, -0.2) is 23.0 Å². The fourth-order valence-electron chi connectivity index (χ4n) is 4.41. The first kappa shape index (κ1) is 20.9. The van der Waals surface area contributed by atoms with Crippen LogP contribution in [0.5, 0.6) is 0 Å². The second-order valence-corrected chi connectivity index (χ2v) is 10.2. The number of hydrogen-bond acceptors (Lipinski definition) is 4. The van der Waals surface area contributed by atoms with Crippen molar-refractivity contribution in [2.75, 3.05) is 4.72 Å². The molecule has 0 saturated heterocycles. The highest BCUT2D eigenvalue weighted by Gasteiger charge is 2.24. The standard InChI is InChI=1S/C24H16ClFN4O3S/c25-18-12-14(6-7-19(18)26)34(32,33)29-13-5-8-21-17(11-13)24(31)30-10-9-16-15-3-1-2-4-20(15)27-22(16)23(30)28-21/h1-8,11-12,27,29H,9-10H2. The number of H-pyrrole nitrogens is 1.